The zero-order valence-electron chi connectivity index (χ0n) is 17.0. The molecule has 1 atom stereocenters. The SMILES string of the molecule is Nc1nc2ccc(CNC(=O)c3cccc(C(=O)NC[C@H](O)c4ccccc4)n3)cc2s1. The van der Waals surface area contributed by atoms with E-state index >= 15 is 0 Å². The van der Waals surface area contributed by atoms with Gasteiger partial charge < -0.3 is 21.5 Å². The first-order chi connectivity index (χ1) is 15.5. The van der Waals surface area contributed by atoms with Crippen molar-refractivity contribution in [1.82, 2.24) is 20.6 Å². The fourth-order valence-corrected chi connectivity index (χ4v) is 3.93. The van der Waals surface area contributed by atoms with Gasteiger partial charge in [-0.15, -0.1) is 0 Å². The highest BCUT2D eigenvalue weighted by atomic mass is 32.1. The Labute approximate surface area is 188 Å². The Balaban J connectivity index is 1.35. The number of carbonyl (C=O) groups excluding carboxylic acids is 2. The van der Waals surface area contributed by atoms with Crippen LogP contribution in [0.25, 0.3) is 10.2 Å². The molecule has 32 heavy (non-hydrogen) atoms. The number of benzene rings is 2. The normalized spacial score (nSPS) is 11.8. The molecule has 9 heteroatoms. The molecular weight excluding hydrogens is 426 g/mol. The van der Waals surface area contributed by atoms with Crippen LogP contribution in [0.4, 0.5) is 5.13 Å². The van der Waals surface area contributed by atoms with Crippen LogP contribution in [0.5, 0.6) is 0 Å². The summed E-state index contributed by atoms with van der Waals surface area (Å²) < 4.78 is 0.948. The molecule has 2 amide bonds. The predicted molar refractivity (Wildman–Crippen MR) is 123 cm³/mol. The number of nitrogens with one attached hydrogen (secondary N) is 2. The summed E-state index contributed by atoms with van der Waals surface area (Å²) in [6, 6.07) is 19.3. The highest BCUT2D eigenvalue weighted by Crippen LogP contribution is 2.24. The number of pyridine rings is 1. The lowest BCUT2D eigenvalue weighted by Crippen LogP contribution is -2.30. The lowest BCUT2D eigenvalue weighted by molar-refractivity contribution is 0.0910. The first-order valence-corrected chi connectivity index (χ1v) is 10.7. The molecule has 0 bridgehead atoms. The Morgan fingerprint density at radius 3 is 2.41 bits per heavy atom. The molecule has 2 heterocycles. The van der Waals surface area contributed by atoms with Crippen molar-refractivity contribution in [3.05, 3.63) is 89.2 Å². The number of anilines is 1. The number of nitrogens with zero attached hydrogens (tertiary/aromatic N) is 2. The summed E-state index contributed by atoms with van der Waals surface area (Å²) in [5, 5.41) is 16.1. The van der Waals surface area contributed by atoms with Crippen LogP contribution in [0.15, 0.2) is 66.7 Å². The Kier molecular flexibility index (Phi) is 6.39. The van der Waals surface area contributed by atoms with Crippen LogP contribution in [0.1, 0.15) is 38.2 Å². The van der Waals surface area contributed by atoms with Crippen LogP contribution in [0.2, 0.25) is 0 Å². The summed E-state index contributed by atoms with van der Waals surface area (Å²) in [4.78, 5) is 33.3. The molecule has 0 aliphatic carbocycles. The third-order valence-electron chi connectivity index (χ3n) is 4.78. The second-order valence-electron chi connectivity index (χ2n) is 7.08. The molecule has 0 saturated heterocycles. The van der Waals surface area contributed by atoms with Gasteiger partial charge in [0, 0.05) is 13.1 Å². The van der Waals surface area contributed by atoms with E-state index in [9.17, 15) is 14.7 Å². The van der Waals surface area contributed by atoms with Gasteiger partial charge in [0.15, 0.2) is 5.13 Å². The van der Waals surface area contributed by atoms with Gasteiger partial charge in [-0.25, -0.2) is 9.97 Å². The van der Waals surface area contributed by atoms with E-state index in [1.54, 1.807) is 18.2 Å². The number of aliphatic hydroxyl groups is 1. The summed E-state index contributed by atoms with van der Waals surface area (Å²) in [5.41, 5.74) is 8.38. The summed E-state index contributed by atoms with van der Waals surface area (Å²) in [7, 11) is 0. The van der Waals surface area contributed by atoms with Gasteiger partial charge in [0.2, 0.25) is 0 Å². The molecule has 0 saturated carbocycles. The van der Waals surface area contributed by atoms with E-state index in [4.69, 9.17) is 5.73 Å². The molecule has 5 N–H and O–H groups in total. The number of carbonyl (C=O) groups is 2. The fraction of sp³-hybridized carbons (Fsp3) is 0.130. The first kappa shape index (κ1) is 21.4. The van der Waals surface area contributed by atoms with Crippen molar-refractivity contribution in [2.45, 2.75) is 12.6 Å². The summed E-state index contributed by atoms with van der Waals surface area (Å²) in [6.07, 6.45) is -0.835. The van der Waals surface area contributed by atoms with Crippen molar-refractivity contribution in [3.63, 3.8) is 0 Å². The van der Waals surface area contributed by atoms with Crippen molar-refractivity contribution in [3.8, 4) is 0 Å². The molecule has 8 nitrogen and oxygen atoms in total. The predicted octanol–water partition coefficient (Wildman–Crippen LogP) is 2.67. The van der Waals surface area contributed by atoms with Crippen LogP contribution in [-0.2, 0) is 6.54 Å². The van der Waals surface area contributed by atoms with Crippen molar-refractivity contribution < 1.29 is 14.7 Å². The maximum absolute atomic E-state index is 12.5. The number of thiazole rings is 1. The average molecular weight is 448 g/mol. The van der Waals surface area contributed by atoms with E-state index in [0.29, 0.717) is 17.2 Å². The number of fused-ring (bicyclic) bond motifs is 1. The monoisotopic (exact) mass is 447 g/mol. The summed E-state index contributed by atoms with van der Waals surface area (Å²) in [6.45, 7) is 0.333. The molecule has 162 valence electrons. The molecule has 2 aromatic carbocycles. The van der Waals surface area contributed by atoms with Crippen LogP contribution in [0, 0.1) is 0 Å². The molecule has 0 unspecified atom stereocenters. The lowest BCUT2D eigenvalue weighted by atomic mass is 10.1. The van der Waals surface area contributed by atoms with E-state index in [2.05, 4.69) is 20.6 Å². The van der Waals surface area contributed by atoms with E-state index < -0.39 is 17.9 Å². The van der Waals surface area contributed by atoms with Crippen molar-refractivity contribution in [2.24, 2.45) is 0 Å². The summed E-state index contributed by atoms with van der Waals surface area (Å²) in [5.74, 6) is -0.865. The highest BCUT2D eigenvalue weighted by molar-refractivity contribution is 7.22. The lowest BCUT2D eigenvalue weighted by Gasteiger charge is -2.12. The maximum atomic E-state index is 12.5. The molecule has 0 aliphatic rings. The van der Waals surface area contributed by atoms with Crippen LogP contribution < -0.4 is 16.4 Å². The van der Waals surface area contributed by atoms with Crippen LogP contribution in [-0.4, -0.2) is 33.4 Å². The Bertz CT molecular complexity index is 1260. The number of rotatable bonds is 7. The smallest absolute Gasteiger partial charge is 0.270 e. The van der Waals surface area contributed by atoms with Gasteiger partial charge in [0.05, 0.1) is 16.3 Å². The number of nitrogens with two attached hydrogens (primary N) is 1. The van der Waals surface area contributed by atoms with Gasteiger partial charge >= 0.3 is 0 Å². The molecular formula is C23H21N5O3S. The first-order valence-electron chi connectivity index (χ1n) is 9.91. The maximum Gasteiger partial charge on any atom is 0.270 e. The standard InChI is InChI=1S/C23H21N5O3S/c24-23-28-16-10-9-14(11-20(16)32-23)12-25-21(30)17-7-4-8-18(27-17)22(31)26-13-19(29)15-5-2-1-3-6-15/h1-11,19,29H,12-13H2,(H2,24,28)(H,25,30)(H,26,31)/t19-/m0/s1. The molecule has 4 aromatic rings. The second-order valence-corrected chi connectivity index (χ2v) is 8.14. The topological polar surface area (TPSA) is 130 Å². The van der Waals surface area contributed by atoms with E-state index in [1.165, 1.54) is 23.5 Å². The number of amides is 2. The minimum Gasteiger partial charge on any atom is -0.387 e. The number of hydrogen-bond acceptors (Lipinski definition) is 7. The number of hydrogen-bond donors (Lipinski definition) is 4. The zero-order chi connectivity index (χ0) is 22.5. The van der Waals surface area contributed by atoms with E-state index in [0.717, 1.165) is 15.8 Å². The molecule has 0 aliphatic heterocycles. The van der Waals surface area contributed by atoms with Gasteiger partial charge in [0.25, 0.3) is 11.8 Å². The molecule has 4 rings (SSSR count). The largest absolute Gasteiger partial charge is 0.387 e. The van der Waals surface area contributed by atoms with Gasteiger partial charge in [-0.1, -0.05) is 53.8 Å². The van der Waals surface area contributed by atoms with Gasteiger partial charge in [-0.3, -0.25) is 9.59 Å². The molecule has 0 fully saturated rings. The van der Waals surface area contributed by atoms with Crippen LogP contribution >= 0.6 is 11.3 Å². The molecule has 0 spiro atoms. The fourth-order valence-electron chi connectivity index (χ4n) is 3.13. The molecule has 2 aromatic heterocycles. The van der Waals surface area contributed by atoms with Crippen LogP contribution in [0.3, 0.4) is 0 Å². The second kappa shape index (κ2) is 9.54. The minimum atomic E-state index is -0.835. The Morgan fingerprint density at radius 2 is 1.66 bits per heavy atom. The van der Waals surface area contributed by atoms with E-state index in [-0.39, 0.29) is 17.9 Å². The van der Waals surface area contributed by atoms with E-state index in [1.807, 2.05) is 36.4 Å². The van der Waals surface area contributed by atoms with Gasteiger partial charge in [0.1, 0.15) is 11.4 Å². The Morgan fingerprint density at radius 1 is 0.938 bits per heavy atom. The van der Waals surface area contributed by atoms with Gasteiger partial charge in [-0.2, -0.15) is 0 Å². The van der Waals surface area contributed by atoms with Crippen molar-refractivity contribution in [1.29, 1.82) is 0 Å². The van der Waals surface area contributed by atoms with Crippen molar-refractivity contribution >= 4 is 38.5 Å². The summed E-state index contributed by atoms with van der Waals surface area (Å²) >= 11 is 1.39. The Hall–Kier alpha value is -3.82. The quantitative estimate of drug-likeness (QED) is 0.345. The van der Waals surface area contributed by atoms with Crippen molar-refractivity contribution in [2.75, 3.05) is 12.3 Å². The number of nitrogen functional groups attached to an aromatic ring is 1. The third kappa shape index (κ3) is 5.08. The third-order valence-corrected chi connectivity index (χ3v) is 5.62. The average Bonchev–Trinajstić information content (AvgIpc) is 3.20. The number of aromatic nitrogens is 2. The zero-order valence-corrected chi connectivity index (χ0v) is 17.8. The van der Waals surface area contributed by atoms with Gasteiger partial charge in [-0.05, 0) is 35.4 Å². The molecule has 0 radical (unpaired) electrons. The highest BCUT2D eigenvalue weighted by Gasteiger charge is 2.14. The minimum absolute atomic E-state index is 0.0333. The number of aliphatic hydroxyl groups excluding tert-OH is 1.